The summed E-state index contributed by atoms with van der Waals surface area (Å²) in [6, 6.07) is 12.2. The summed E-state index contributed by atoms with van der Waals surface area (Å²) >= 11 is 17.1. The molecule has 2 rings (SSSR count). The predicted molar refractivity (Wildman–Crippen MR) is 92.8 cm³/mol. The fraction of sp³-hybridized carbons (Fsp3) is 0.0667. The third-order valence-electron chi connectivity index (χ3n) is 2.73. The minimum atomic E-state index is 0.0233. The molecule has 6 heteroatoms. The number of hydrogen-bond donors (Lipinski definition) is 2. The molecule has 0 aliphatic carbocycles. The van der Waals surface area contributed by atoms with Gasteiger partial charge in [-0.3, -0.25) is 4.79 Å². The lowest BCUT2D eigenvalue weighted by atomic mass is 10.1. The Kier molecular flexibility index (Phi) is 5.17. The molecule has 0 saturated carbocycles. The SMILES string of the molecule is CC(=O)c1ccc(NC(=S)Nc2ccc(Cl)cc2Cl)cc1. The second kappa shape index (κ2) is 6.89. The van der Waals surface area contributed by atoms with E-state index >= 15 is 0 Å². The average molecular weight is 339 g/mol. The molecule has 0 radical (unpaired) electrons. The summed E-state index contributed by atoms with van der Waals surface area (Å²) < 4.78 is 0. The van der Waals surface area contributed by atoms with Crippen molar-refractivity contribution in [1.82, 2.24) is 0 Å². The maximum atomic E-state index is 11.2. The van der Waals surface area contributed by atoms with Gasteiger partial charge < -0.3 is 10.6 Å². The highest BCUT2D eigenvalue weighted by Crippen LogP contribution is 2.25. The minimum absolute atomic E-state index is 0.0233. The van der Waals surface area contributed by atoms with Gasteiger partial charge in [0.2, 0.25) is 0 Å². The van der Waals surface area contributed by atoms with Crippen molar-refractivity contribution in [3.63, 3.8) is 0 Å². The smallest absolute Gasteiger partial charge is 0.175 e. The van der Waals surface area contributed by atoms with Gasteiger partial charge >= 0.3 is 0 Å². The fourth-order valence-electron chi connectivity index (χ4n) is 1.66. The van der Waals surface area contributed by atoms with Crippen molar-refractivity contribution in [1.29, 1.82) is 0 Å². The van der Waals surface area contributed by atoms with Crippen LogP contribution in [0.4, 0.5) is 11.4 Å². The van der Waals surface area contributed by atoms with E-state index in [-0.39, 0.29) is 5.78 Å². The van der Waals surface area contributed by atoms with E-state index in [0.29, 0.717) is 26.4 Å². The highest BCUT2D eigenvalue weighted by Gasteiger charge is 2.04. The summed E-state index contributed by atoms with van der Waals surface area (Å²) in [7, 11) is 0. The summed E-state index contributed by atoms with van der Waals surface area (Å²) in [6.45, 7) is 1.52. The summed E-state index contributed by atoms with van der Waals surface area (Å²) in [5.41, 5.74) is 2.10. The highest BCUT2D eigenvalue weighted by molar-refractivity contribution is 7.80. The predicted octanol–water partition coefficient (Wildman–Crippen LogP) is 5.00. The molecule has 0 heterocycles. The molecule has 0 aromatic heterocycles. The van der Waals surface area contributed by atoms with Crippen LogP contribution in [0.15, 0.2) is 42.5 Å². The monoisotopic (exact) mass is 338 g/mol. The van der Waals surface area contributed by atoms with E-state index < -0.39 is 0 Å². The van der Waals surface area contributed by atoms with Crippen molar-refractivity contribution in [3.05, 3.63) is 58.1 Å². The number of hydrogen-bond acceptors (Lipinski definition) is 2. The molecule has 0 aliphatic heterocycles. The van der Waals surface area contributed by atoms with Gasteiger partial charge in [0, 0.05) is 16.3 Å². The van der Waals surface area contributed by atoms with Crippen molar-refractivity contribution in [2.75, 3.05) is 10.6 Å². The van der Waals surface area contributed by atoms with E-state index in [1.54, 1.807) is 42.5 Å². The Morgan fingerprint density at radius 3 is 2.29 bits per heavy atom. The Morgan fingerprint density at radius 2 is 1.71 bits per heavy atom. The second-order valence-electron chi connectivity index (χ2n) is 4.34. The van der Waals surface area contributed by atoms with Gasteiger partial charge in [-0.2, -0.15) is 0 Å². The molecule has 0 unspecified atom stereocenters. The molecule has 2 N–H and O–H groups in total. The normalized spacial score (nSPS) is 10.0. The van der Waals surface area contributed by atoms with Crippen molar-refractivity contribution in [2.24, 2.45) is 0 Å². The fourth-order valence-corrected chi connectivity index (χ4v) is 2.35. The van der Waals surface area contributed by atoms with Crippen molar-refractivity contribution in [2.45, 2.75) is 6.92 Å². The van der Waals surface area contributed by atoms with Crippen LogP contribution in [0.1, 0.15) is 17.3 Å². The molecule has 0 bridgehead atoms. The van der Waals surface area contributed by atoms with Crippen LogP contribution in [-0.2, 0) is 0 Å². The van der Waals surface area contributed by atoms with Crippen LogP contribution in [0.25, 0.3) is 0 Å². The zero-order chi connectivity index (χ0) is 15.4. The first-order valence-corrected chi connectivity index (χ1v) is 7.26. The third kappa shape index (κ3) is 4.43. The lowest BCUT2D eigenvalue weighted by molar-refractivity contribution is 0.101. The van der Waals surface area contributed by atoms with Gasteiger partial charge in [0.1, 0.15) is 0 Å². The van der Waals surface area contributed by atoms with Crippen molar-refractivity contribution < 1.29 is 4.79 Å². The quantitative estimate of drug-likeness (QED) is 0.610. The first-order chi connectivity index (χ1) is 9.95. The zero-order valence-corrected chi connectivity index (χ0v) is 13.4. The summed E-state index contributed by atoms with van der Waals surface area (Å²) in [5, 5.41) is 7.44. The molecule has 0 atom stereocenters. The van der Waals surface area contributed by atoms with Crippen molar-refractivity contribution in [3.8, 4) is 0 Å². The molecule has 0 amide bonds. The maximum Gasteiger partial charge on any atom is 0.175 e. The summed E-state index contributed by atoms with van der Waals surface area (Å²) in [5.74, 6) is 0.0233. The van der Waals surface area contributed by atoms with Gasteiger partial charge in [-0.25, -0.2) is 0 Å². The number of thiocarbonyl (C=S) groups is 1. The third-order valence-corrected chi connectivity index (χ3v) is 3.48. The van der Waals surface area contributed by atoms with Crippen LogP contribution < -0.4 is 10.6 Å². The van der Waals surface area contributed by atoms with Crippen LogP contribution in [-0.4, -0.2) is 10.9 Å². The van der Waals surface area contributed by atoms with Gasteiger partial charge in [-0.1, -0.05) is 23.2 Å². The van der Waals surface area contributed by atoms with Crippen LogP contribution in [0, 0.1) is 0 Å². The lowest BCUT2D eigenvalue weighted by Gasteiger charge is -2.12. The minimum Gasteiger partial charge on any atom is -0.332 e. The number of carbonyl (C=O) groups excluding carboxylic acids is 1. The molecule has 0 aliphatic rings. The maximum absolute atomic E-state index is 11.2. The average Bonchev–Trinajstić information content (AvgIpc) is 2.42. The summed E-state index contributed by atoms with van der Waals surface area (Å²) in [6.07, 6.45) is 0. The molecule has 108 valence electrons. The standard InChI is InChI=1S/C15H12Cl2N2OS/c1-9(20)10-2-5-12(6-3-10)18-15(21)19-14-7-4-11(16)8-13(14)17/h2-8H,1H3,(H2,18,19,21). The number of nitrogens with one attached hydrogen (secondary N) is 2. The van der Waals surface area contributed by atoms with E-state index in [9.17, 15) is 4.79 Å². The molecule has 0 spiro atoms. The number of rotatable bonds is 3. The molecular weight excluding hydrogens is 327 g/mol. The summed E-state index contributed by atoms with van der Waals surface area (Å²) in [4.78, 5) is 11.2. The van der Waals surface area contributed by atoms with Gasteiger partial charge in [0.15, 0.2) is 10.9 Å². The van der Waals surface area contributed by atoms with Crippen LogP contribution in [0.5, 0.6) is 0 Å². The van der Waals surface area contributed by atoms with E-state index in [4.69, 9.17) is 35.4 Å². The Labute approximate surface area is 138 Å². The molecule has 2 aromatic carbocycles. The molecular formula is C15H12Cl2N2OS. The van der Waals surface area contributed by atoms with Gasteiger partial charge in [-0.05, 0) is 61.6 Å². The zero-order valence-electron chi connectivity index (χ0n) is 11.1. The first kappa shape index (κ1) is 15.8. The largest absolute Gasteiger partial charge is 0.332 e. The molecule has 0 fully saturated rings. The van der Waals surface area contributed by atoms with E-state index in [1.807, 2.05) is 0 Å². The van der Waals surface area contributed by atoms with Crippen LogP contribution >= 0.6 is 35.4 Å². The number of carbonyl (C=O) groups is 1. The Hall–Kier alpha value is -1.62. The number of benzene rings is 2. The molecule has 3 nitrogen and oxygen atoms in total. The Morgan fingerprint density at radius 1 is 1.05 bits per heavy atom. The molecule has 21 heavy (non-hydrogen) atoms. The topological polar surface area (TPSA) is 41.1 Å². The van der Waals surface area contributed by atoms with E-state index in [2.05, 4.69) is 10.6 Å². The number of ketones is 1. The number of anilines is 2. The first-order valence-electron chi connectivity index (χ1n) is 6.10. The van der Waals surface area contributed by atoms with E-state index in [0.717, 1.165) is 5.69 Å². The van der Waals surface area contributed by atoms with Crippen LogP contribution in [0.2, 0.25) is 10.0 Å². The Bertz CT molecular complexity index is 687. The van der Waals surface area contributed by atoms with Gasteiger partial charge in [-0.15, -0.1) is 0 Å². The Balaban J connectivity index is 2.02. The van der Waals surface area contributed by atoms with E-state index in [1.165, 1.54) is 6.92 Å². The molecule has 0 saturated heterocycles. The second-order valence-corrected chi connectivity index (χ2v) is 5.59. The highest BCUT2D eigenvalue weighted by atomic mass is 35.5. The number of Topliss-reactive ketones (excluding diaryl/α,β-unsaturated/α-hetero) is 1. The lowest BCUT2D eigenvalue weighted by Crippen LogP contribution is -2.19. The van der Waals surface area contributed by atoms with Crippen LogP contribution in [0.3, 0.4) is 0 Å². The van der Waals surface area contributed by atoms with Gasteiger partial charge in [0.05, 0.1) is 10.7 Å². The van der Waals surface area contributed by atoms with Crippen molar-refractivity contribution >= 4 is 57.7 Å². The molecule has 2 aromatic rings. The van der Waals surface area contributed by atoms with Gasteiger partial charge in [0.25, 0.3) is 0 Å². The number of halogens is 2.